The summed E-state index contributed by atoms with van der Waals surface area (Å²) in [6.45, 7) is 13.3. The molecule has 1 aliphatic carbocycles. The number of quaternary nitrogens is 1. The van der Waals surface area contributed by atoms with Gasteiger partial charge in [0, 0.05) is 36.2 Å². The number of methoxy groups -OCH3 is 1. The quantitative estimate of drug-likeness (QED) is 0.586. The van der Waals surface area contributed by atoms with Crippen molar-refractivity contribution in [3.63, 3.8) is 0 Å². The van der Waals surface area contributed by atoms with Gasteiger partial charge in [0.25, 0.3) is 0 Å². The Kier molecular flexibility index (Phi) is 4.92. The van der Waals surface area contributed by atoms with Gasteiger partial charge in [0.2, 0.25) is 0 Å². The standard InChI is InChI=1S/C25H33N2O4/c1-16-20-15-25(3,4)30-24(20)23(28-5)17(2)22(16)27(11-9-26-10-12-27)19-6-7-21-18(14-19)8-13-29-31-21/h6-8,26H,9-15H2,1-5H3/q+1. The van der Waals surface area contributed by atoms with Crippen molar-refractivity contribution in [1.82, 2.24) is 9.80 Å². The molecule has 0 unspecified atom stereocenters. The Hall–Kier alpha value is -2.28. The summed E-state index contributed by atoms with van der Waals surface area (Å²) in [7, 11) is 1.76. The Morgan fingerprint density at radius 3 is 2.61 bits per heavy atom. The first-order valence-electron chi connectivity index (χ1n) is 11.2. The fourth-order valence-corrected chi connectivity index (χ4v) is 5.79. The van der Waals surface area contributed by atoms with Gasteiger partial charge in [-0.3, -0.25) is 4.48 Å². The molecule has 1 saturated heterocycles. The average molecular weight is 426 g/mol. The molecule has 0 spiro atoms. The molecule has 1 N–H and O–H groups in total. The van der Waals surface area contributed by atoms with Crippen LogP contribution in [0.2, 0.25) is 0 Å². The molecule has 31 heavy (non-hydrogen) atoms. The number of hydrogen-bond acceptors (Lipinski definition) is 5. The number of ether oxygens (including phenoxy) is 2. The van der Waals surface area contributed by atoms with Crippen LogP contribution in [0.15, 0.2) is 35.3 Å². The van der Waals surface area contributed by atoms with Gasteiger partial charge in [-0.2, -0.15) is 4.89 Å². The number of benzene rings is 1. The van der Waals surface area contributed by atoms with Crippen molar-refractivity contribution < 1.29 is 19.2 Å². The molecule has 0 saturated carbocycles. The fraction of sp³-hybridized carbons (Fsp3) is 0.520. The van der Waals surface area contributed by atoms with E-state index in [-0.39, 0.29) is 5.60 Å². The van der Waals surface area contributed by atoms with Crippen molar-refractivity contribution in [3.05, 3.63) is 51.9 Å². The predicted molar refractivity (Wildman–Crippen MR) is 121 cm³/mol. The van der Waals surface area contributed by atoms with Crippen molar-refractivity contribution in [1.29, 1.82) is 0 Å². The minimum absolute atomic E-state index is 0.217. The number of hydrogen-bond donors (Lipinski definition) is 1. The fourth-order valence-electron chi connectivity index (χ4n) is 5.79. The molecule has 3 heterocycles. The second-order valence-corrected chi connectivity index (χ2v) is 9.61. The highest BCUT2D eigenvalue weighted by Crippen LogP contribution is 2.52. The Balaban J connectivity index is 1.71. The van der Waals surface area contributed by atoms with E-state index in [1.54, 1.807) is 7.11 Å². The first kappa shape index (κ1) is 20.6. The summed E-state index contributed by atoms with van der Waals surface area (Å²) in [6, 6.07) is 0. The van der Waals surface area contributed by atoms with E-state index in [1.807, 2.05) is 0 Å². The van der Waals surface area contributed by atoms with E-state index >= 15 is 0 Å². The zero-order chi connectivity index (χ0) is 21.8. The third-order valence-electron chi connectivity index (χ3n) is 7.15. The first-order valence-corrected chi connectivity index (χ1v) is 11.2. The van der Waals surface area contributed by atoms with Crippen molar-refractivity contribution in [3.8, 4) is 11.5 Å². The zero-order valence-corrected chi connectivity index (χ0v) is 19.3. The molecule has 0 bridgehead atoms. The molecule has 0 atom stereocenters. The van der Waals surface area contributed by atoms with Gasteiger partial charge in [-0.15, -0.1) is 0 Å². The number of fused-ring (bicyclic) bond motifs is 2. The predicted octanol–water partition coefficient (Wildman–Crippen LogP) is 4.00. The molecule has 1 aromatic carbocycles. The zero-order valence-electron chi connectivity index (χ0n) is 19.3. The van der Waals surface area contributed by atoms with Crippen LogP contribution in [0.4, 0.5) is 5.69 Å². The lowest BCUT2D eigenvalue weighted by Crippen LogP contribution is -2.60. The van der Waals surface area contributed by atoms with Gasteiger partial charge in [-0.05, 0) is 45.9 Å². The van der Waals surface area contributed by atoms with Crippen LogP contribution in [0.1, 0.15) is 37.0 Å². The average Bonchev–Trinajstić information content (AvgIpc) is 3.10. The lowest BCUT2D eigenvalue weighted by Gasteiger charge is -2.45. The van der Waals surface area contributed by atoms with E-state index in [2.05, 4.69) is 51.2 Å². The Morgan fingerprint density at radius 2 is 1.87 bits per heavy atom. The number of piperazine rings is 1. The van der Waals surface area contributed by atoms with Crippen molar-refractivity contribution in [2.75, 3.05) is 39.9 Å². The second kappa shape index (κ2) is 7.40. The highest BCUT2D eigenvalue weighted by Gasteiger charge is 2.45. The van der Waals surface area contributed by atoms with Gasteiger partial charge in [-0.25, -0.2) is 0 Å². The Morgan fingerprint density at radius 1 is 1.10 bits per heavy atom. The summed E-state index contributed by atoms with van der Waals surface area (Å²) in [4.78, 5) is 10.6. The highest BCUT2D eigenvalue weighted by atomic mass is 17.2. The number of nitrogens with zero attached hydrogens (tertiary/aromatic N) is 1. The maximum absolute atomic E-state index is 6.36. The lowest BCUT2D eigenvalue weighted by atomic mass is 9.90. The van der Waals surface area contributed by atoms with Crippen LogP contribution in [-0.2, 0) is 16.2 Å². The van der Waals surface area contributed by atoms with Crippen molar-refractivity contribution in [2.45, 2.75) is 46.1 Å². The monoisotopic (exact) mass is 425 g/mol. The van der Waals surface area contributed by atoms with E-state index in [4.69, 9.17) is 19.2 Å². The second-order valence-electron chi connectivity index (χ2n) is 9.61. The molecule has 166 valence electrons. The van der Waals surface area contributed by atoms with E-state index in [9.17, 15) is 0 Å². The smallest absolute Gasteiger partial charge is 0.169 e. The summed E-state index contributed by atoms with van der Waals surface area (Å²) < 4.78 is 13.2. The van der Waals surface area contributed by atoms with E-state index in [1.165, 1.54) is 33.6 Å². The molecule has 1 aromatic rings. The summed E-state index contributed by atoms with van der Waals surface area (Å²) in [5, 5.41) is 3.56. The first-order chi connectivity index (χ1) is 14.9. The van der Waals surface area contributed by atoms with Crippen LogP contribution in [-0.4, -0.2) is 45.5 Å². The number of allylic oxidation sites excluding steroid dienone is 4. The molecule has 6 nitrogen and oxygen atoms in total. The summed E-state index contributed by atoms with van der Waals surface area (Å²) in [5.74, 6) is 2.65. The SMILES string of the molecule is COc1c(C)c([N+]2(C3=CC=C4OOCC=C4C3)CCNCC2)c(C)c2c1OC(C)(C)C2. The Labute approximate surface area is 184 Å². The van der Waals surface area contributed by atoms with Gasteiger partial charge >= 0.3 is 0 Å². The molecule has 1 fully saturated rings. The molecule has 0 radical (unpaired) electrons. The van der Waals surface area contributed by atoms with Crippen LogP contribution in [0.5, 0.6) is 11.5 Å². The van der Waals surface area contributed by atoms with Crippen LogP contribution < -0.4 is 19.3 Å². The van der Waals surface area contributed by atoms with Gasteiger partial charge in [0.15, 0.2) is 17.3 Å². The number of rotatable bonds is 3. The molecular weight excluding hydrogens is 392 g/mol. The summed E-state index contributed by atoms with van der Waals surface area (Å²) in [6.07, 6.45) is 8.21. The number of nitrogens with one attached hydrogen (secondary N) is 1. The van der Waals surface area contributed by atoms with Gasteiger partial charge < -0.3 is 19.7 Å². The van der Waals surface area contributed by atoms with Crippen LogP contribution in [0.3, 0.4) is 0 Å². The largest absolute Gasteiger partial charge is 0.492 e. The van der Waals surface area contributed by atoms with E-state index in [0.29, 0.717) is 6.61 Å². The van der Waals surface area contributed by atoms with Crippen LogP contribution >= 0.6 is 0 Å². The normalized spacial score (nSPS) is 23.5. The Bertz CT molecular complexity index is 1010. The molecule has 3 aliphatic heterocycles. The van der Waals surface area contributed by atoms with Crippen LogP contribution in [0.25, 0.3) is 0 Å². The van der Waals surface area contributed by atoms with Gasteiger partial charge in [-0.1, -0.05) is 0 Å². The molecular formula is C25H33N2O4+. The van der Waals surface area contributed by atoms with Gasteiger partial charge in [0.05, 0.1) is 19.1 Å². The third-order valence-corrected chi connectivity index (χ3v) is 7.15. The molecule has 4 aliphatic rings. The van der Waals surface area contributed by atoms with E-state index < -0.39 is 0 Å². The van der Waals surface area contributed by atoms with Crippen molar-refractivity contribution in [2.24, 2.45) is 0 Å². The minimum Gasteiger partial charge on any atom is -0.492 e. The van der Waals surface area contributed by atoms with Crippen molar-refractivity contribution >= 4 is 5.69 Å². The third kappa shape index (κ3) is 3.20. The summed E-state index contributed by atoms with van der Waals surface area (Å²) >= 11 is 0. The van der Waals surface area contributed by atoms with Gasteiger partial charge in [0.1, 0.15) is 36.7 Å². The molecule has 0 aromatic heterocycles. The minimum atomic E-state index is -0.217. The van der Waals surface area contributed by atoms with Crippen LogP contribution in [0, 0.1) is 13.8 Å². The molecule has 5 rings (SSSR count). The maximum atomic E-state index is 6.36. The highest BCUT2D eigenvalue weighted by molar-refractivity contribution is 5.73. The maximum Gasteiger partial charge on any atom is 0.169 e. The van der Waals surface area contributed by atoms with E-state index in [0.717, 1.165) is 60.8 Å². The molecule has 0 amide bonds. The molecule has 6 heteroatoms. The lowest BCUT2D eigenvalue weighted by molar-refractivity contribution is -0.255. The topological polar surface area (TPSA) is 49.0 Å². The summed E-state index contributed by atoms with van der Waals surface area (Å²) in [5.41, 5.74) is 7.59.